The van der Waals surface area contributed by atoms with Crippen LogP contribution in [0.5, 0.6) is 0 Å². The first-order valence-electron chi connectivity index (χ1n) is 12.2. The number of morpholine rings is 1. The van der Waals surface area contributed by atoms with Crippen LogP contribution in [0, 0.1) is 20.8 Å². The first kappa shape index (κ1) is 27.9. The second-order valence-corrected chi connectivity index (χ2v) is 11.2. The summed E-state index contributed by atoms with van der Waals surface area (Å²) in [4.78, 5) is 23.9. The van der Waals surface area contributed by atoms with Crippen LogP contribution in [-0.2, 0) is 9.53 Å². The Morgan fingerprint density at radius 2 is 1.83 bits per heavy atom. The lowest BCUT2D eigenvalue weighted by molar-refractivity contribution is -0.118. The number of thioether (sulfide) groups is 1. The average molecular weight is 534 g/mol. The second kappa shape index (κ2) is 13.6. The standard InChI is InChI=1S/C27H35N3O2S2.ClH/c1-20-7-9-23(10-8-20)33-17-4-6-25(31)30(12-5-11-29-13-15-32-16-14-29)27-28-24-19-21(2)18-22(3)26(24)34-27;/h7-10,18-19H,4-6,11-17H2,1-3H3;1H. The molecule has 0 aliphatic carbocycles. The molecule has 0 bridgehead atoms. The predicted octanol–water partition coefficient (Wildman–Crippen LogP) is 6.27. The lowest BCUT2D eigenvalue weighted by Gasteiger charge is -2.27. The smallest absolute Gasteiger partial charge is 0.228 e. The van der Waals surface area contributed by atoms with E-state index in [1.807, 2.05) is 16.7 Å². The molecular weight excluding hydrogens is 498 g/mol. The molecule has 1 fully saturated rings. The number of nitrogens with zero attached hydrogens (tertiary/aromatic N) is 3. The number of benzene rings is 2. The van der Waals surface area contributed by atoms with E-state index >= 15 is 0 Å². The van der Waals surface area contributed by atoms with E-state index < -0.39 is 0 Å². The van der Waals surface area contributed by atoms with Crippen LogP contribution in [-0.4, -0.2) is 60.9 Å². The van der Waals surface area contributed by atoms with Crippen molar-refractivity contribution in [2.24, 2.45) is 0 Å². The van der Waals surface area contributed by atoms with E-state index in [1.54, 1.807) is 11.3 Å². The number of carbonyl (C=O) groups excluding carboxylic acids is 1. The van der Waals surface area contributed by atoms with Crippen LogP contribution in [0.15, 0.2) is 41.3 Å². The number of carbonyl (C=O) groups is 1. The van der Waals surface area contributed by atoms with Gasteiger partial charge in [0.1, 0.15) is 0 Å². The molecule has 0 atom stereocenters. The van der Waals surface area contributed by atoms with Crippen molar-refractivity contribution in [3.05, 3.63) is 53.1 Å². The first-order valence-corrected chi connectivity index (χ1v) is 14.0. The van der Waals surface area contributed by atoms with Crippen LogP contribution in [0.2, 0.25) is 0 Å². The minimum atomic E-state index is 0. The Morgan fingerprint density at radius 3 is 2.57 bits per heavy atom. The number of ether oxygens (including phenoxy) is 1. The number of aromatic nitrogens is 1. The summed E-state index contributed by atoms with van der Waals surface area (Å²) in [6, 6.07) is 12.9. The monoisotopic (exact) mass is 533 g/mol. The SMILES string of the molecule is Cc1ccc(SCCCC(=O)N(CCCN2CCOCC2)c2nc3cc(C)cc(C)c3s2)cc1.Cl. The fraction of sp³-hybridized carbons (Fsp3) is 0.481. The quantitative estimate of drug-likeness (QED) is 0.227. The number of aryl methyl sites for hydroxylation is 3. The Labute approximate surface area is 223 Å². The molecule has 0 radical (unpaired) electrons. The van der Waals surface area contributed by atoms with Gasteiger partial charge in [-0.2, -0.15) is 0 Å². The number of halogens is 1. The number of hydrogen-bond acceptors (Lipinski definition) is 6. The van der Waals surface area contributed by atoms with Crippen molar-refractivity contribution in [2.45, 2.75) is 44.9 Å². The highest BCUT2D eigenvalue weighted by Gasteiger charge is 2.21. The molecule has 35 heavy (non-hydrogen) atoms. The zero-order chi connectivity index (χ0) is 23.9. The lowest BCUT2D eigenvalue weighted by atomic mass is 10.1. The van der Waals surface area contributed by atoms with Gasteiger partial charge in [-0.15, -0.1) is 24.2 Å². The average Bonchev–Trinajstić information content (AvgIpc) is 3.25. The van der Waals surface area contributed by atoms with Crippen LogP contribution in [0.3, 0.4) is 0 Å². The van der Waals surface area contributed by atoms with Gasteiger partial charge in [0.15, 0.2) is 5.13 Å². The highest BCUT2D eigenvalue weighted by Crippen LogP contribution is 2.33. The number of hydrogen-bond donors (Lipinski definition) is 0. The number of thiazole rings is 1. The van der Waals surface area contributed by atoms with Gasteiger partial charge < -0.3 is 4.74 Å². The number of amides is 1. The van der Waals surface area contributed by atoms with Crippen LogP contribution in [0.1, 0.15) is 36.0 Å². The molecule has 0 saturated carbocycles. The zero-order valence-corrected chi connectivity index (χ0v) is 23.4. The number of anilines is 1. The Kier molecular flexibility index (Phi) is 10.9. The Morgan fingerprint density at radius 1 is 1.09 bits per heavy atom. The molecule has 8 heteroatoms. The van der Waals surface area contributed by atoms with E-state index in [9.17, 15) is 4.79 Å². The molecule has 2 heterocycles. The van der Waals surface area contributed by atoms with Gasteiger partial charge in [0, 0.05) is 37.5 Å². The largest absolute Gasteiger partial charge is 0.379 e. The minimum absolute atomic E-state index is 0. The Hall–Kier alpha value is -1.64. The third kappa shape index (κ3) is 7.92. The minimum Gasteiger partial charge on any atom is -0.379 e. The molecule has 1 saturated heterocycles. The van der Waals surface area contributed by atoms with E-state index in [1.165, 1.54) is 26.3 Å². The molecule has 4 rings (SSSR count). The molecule has 0 N–H and O–H groups in total. The predicted molar refractivity (Wildman–Crippen MR) is 152 cm³/mol. The summed E-state index contributed by atoms with van der Waals surface area (Å²) in [6.07, 6.45) is 2.35. The maximum Gasteiger partial charge on any atom is 0.228 e. The van der Waals surface area contributed by atoms with Gasteiger partial charge in [-0.3, -0.25) is 14.6 Å². The molecule has 1 aliphatic rings. The molecule has 2 aromatic carbocycles. The third-order valence-corrected chi connectivity index (χ3v) is 8.45. The topological polar surface area (TPSA) is 45.7 Å². The van der Waals surface area contributed by atoms with Crippen molar-refractivity contribution in [2.75, 3.05) is 50.0 Å². The molecule has 190 valence electrons. The molecule has 0 unspecified atom stereocenters. The normalized spacial score (nSPS) is 14.1. The maximum atomic E-state index is 13.4. The van der Waals surface area contributed by atoms with E-state index in [0.717, 1.165) is 62.1 Å². The summed E-state index contributed by atoms with van der Waals surface area (Å²) in [5.41, 5.74) is 4.71. The van der Waals surface area contributed by atoms with Crippen LogP contribution in [0.25, 0.3) is 10.2 Å². The molecule has 1 aromatic heterocycles. The number of fused-ring (bicyclic) bond motifs is 1. The van der Waals surface area contributed by atoms with Gasteiger partial charge in [-0.25, -0.2) is 4.98 Å². The Balaban J connectivity index is 0.00000342. The van der Waals surface area contributed by atoms with Crippen LogP contribution < -0.4 is 4.90 Å². The van der Waals surface area contributed by atoms with Crippen molar-refractivity contribution in [3.8, 4) is 0 Å². The van der Waals surface area contributed by atoms with E-state index in [0.29, 0.717) is 13.0 Å². The van der Waals surface area contributed by atoms with E-state index in [2.05, 4.69) is 62.1 Å². The van der Waals surface area contributed by atoms with Crippen molar-refractivity contribution in [1.82, 2.24) is 9.88 Å². The first-order chi connectivity index (χ1) is 16.5. The van der Waals surface area contributed by atoms with Crippen LogP contribution in [0.4, 0.5) is 5.13 Å². The van der Waals surface area contributed by atoms with Crippen molar-refractivity contribution in [1.29, 1.82) is 0 Å². The Bertz CT molecular complexity index is 1100. The number of rotatable bonds is 10. The van der Waals surface area contributed by atoms with E-state index in [4.69, 9.17) is 9.72 Å². The zero-order valence-electron chi connectivity index (χ0n) is 20.9. The summed E-state index contributed by atoms with van der Waals surface area (Å²) in [5.74, 6) is 1.12. The van der Waals surface area contributed by atoms with Gasteiger partial charge in [0.25, 0.3) is 0 Å². The molecule has 1 amide bonds. The highest BCUT2D eigenvalue weighted by molar-refractivity contribution is 7.99. The molecule has 5 nitrogen and oxygen atoms in total. The van der Waals surface area contributed by atoms with Crippen molar-refractivity contribution in [3.63, 3.8) is 0 Å². The van der Waals surface area contributed by atoms with Gasteiger partial charge in [-0.05, 0) is 68.7 Å². The molecule has 1 aliphatic heterocycles. The summed E-state index contributed by atoms with van der Waals surface area (Å²) in [5, 5.41) is 0.835. The van der Waals surface area contributed by atoms with Crippen LogP contribution >= 0.6 is 35.5 Å². The van der Waals surface area contributed by atoms with Gasteiger partial charge in [0.05, 0.1) is 23.4 Å². The molecule has 3 aromatic rings. The summed E-state index contributed by atoms with van der Waals surface area (Å²) < 4.78 is 6.65. The van der Waals surface area contributed by atoms with Crippen molar-refractivity contribution < 1.29 is 9.53 Å². The molecule has 0 spiro atoms. The fourth-order valence-electron chi connectivity index (χ4n) is 4.27. The summed E-state index contributed by atoms with van der Waals surface area (Å²) in [6.45, 7) is 11.6. The molecular formula is C27H36ClN3O2S2. The summed E-state index contributed by atoms with van der Waals surface area (Å²) >= 11 is 3.47. The maximum absolute atomic E-state index is 13.4. The van der Waals surface area contributed by atoms with Gasteiger partial charge in [-0.1, -0.05) is 35.1 Å². The van der Waals surface area contributed by atoms with Gasteiger partial charge in [0.2, 0.25) is 5.91 Å². The second-order valence-electron chi connectivity index (χ2n) is 9.04. The summed E-state index contributed by atoms with van der Waals surface area (Å²) in [7, 11) is 0. The lowest BCUT2D eigenvalue weighted by Crippen LogP contribution is -2.39. The van der Waals surface area contributed by atoms with Gasteiger partial charge >= 0.3 is 0 Å². The van der Waals surface area contributed by atoms with Crippen molar-refractivity contribution >= 4 is 56.8 Å². The highest BCUT2D eigenvalue weighted by atomic mass is 35.5. The van der Waals surface area contributed by atoms with E-state index in [-0.39, 0.29) is 18.3 Å². The fourth-order valence-corrected chi connectivity index (χ4v) is 6.18. The third-order valence-electron chi connectivity index (χ3n) is 6.13.